The maximum atomic E-state index is 12.2. The molecular weight excluding hydrogens is 222 g/mol. The van der Waals surface area contributed by atoms with Crippen molar-refractivity contribution in [2.45, 2.75) is 32.2 Å². The minimum atomic E-state index is -0.931. The number of amides is 1. The van der Waals surface area contributed by atoms with Gasteiger partial charge in [0.25, 0.3) is 5.91 Å². The lowest BCUT2D eigenvalue weighted by molar-refractivity contribution is -0.143. The number of piperidine rings is 1. The second-order valence-electron chi connectivity index (χ2n) is 4.26. The molecular formula is C11H15N3O3. The Labute approximate surface area is 98.6 Å². The fourth-order valence-electron chi connectivity index (χ4n) is 2.15. The standard InChI is InChI=1S/C11H15N3O3/c1-7-8(6-12-13-7)10(15)14-5-3-2-4-9(14)11(16)17/h6,9H,2-5H2,1H3,(H,12,13)(H,16,17)/t9-/m1/s1. The van der Waals surface area contributed by atoms with E-state index in [9.17, 15) is 9.59 Å². The van der Waals surface area contributed by atoms with Crippen LogP contribution >= 0.6 is 0 Å². The smallest absolute Gasteiger partial charge is 0.326 e. The molecule has 0 radical (unpaired) electrons. The van der Waals surface area contributed by atoms with Crippen LogP contribution in [-0.4, -0.2) is 44.7 Å². The van der Waals surface area contributed by atoms with Gasteiger partial charge in [-0.2, -0.15) is 5.10 Å². The molecule has 0 aromatic carbocycles. The van der Waals surface area contributed by atoms with Crippen molar-refractivity contribution in [3.8, 4) is 0 Å². The molecule has 1 aromatic rings. The molecule has 1 saturated heterocycles. The van der Waals surface area contributed by atoms with Gasteiger partial charge in [0.15, 0.2) is 0 Å². The SMILES string of the molecule is Cc1[nH]ncc1C(=O)N1CCCC[C@@H]1C(=O)O. The van der Waals surface area contributed by atoms with Crippen LogP contribution in [0.5, 0.6) is 0 Å². The Balaban J connectivity index is 2.23. The van der Waals surface area contributed by atoms with E-state index >= 15 is 0 Å². The summed E-state index contributed by atoms with van der Waals surface area (Å²) < 4.78 is 0. The van der Waals surface area contributed by atoms with Gasteiger partial charge >= 0.3 is 5.97 Å². The molecule has 0 aliphatic carbocycles. The number of aliphatic carboxylic acids is 1. The summed E-state index contributed by atoms with van der Waals surface area (Å²) in [5, 5.41) is 15.6. The van der Waals surface area contributed by atoms with Crippen molar-refractivity contribution >= 4 is 11.9 Å². The highest BCUT2D eigenvalue weighted by atomic mass is 16.4. The van der Waals surface area contributed by atoms with Gasteiger partial charge in [-0.05, 0) is 26.2 Å². The van der Waals surface area contributed by atoms with Gasteiger partial charge in [-0.25, -0.2) is 4.79 Å². The highest BCUT2D eigenvalue weighted by molar-refractivity contribution is 5.97. The Bertz CT molecular complexity index is 441. The van der Waals surface area contributed by atoms with Crippen LogP contribution in [0, 0.1) is 6.92 Å². The topological polar surface area (TPSA) is 86.3 Å². The molecule has 1 atom stereocenters. The minimum absolute atomic E-state index is 0.247. The van der Waals surface area contributed by atoms with Crippen LogP contribution in [0.25, 0.3) is 0 Å². The molecule has 6 nitrogen and oxygen atoms in total. The van der Waals surface area contributed by atoms with E-state index in [1.165, 1.54) is 11.1 Å². The first-order chi connectivity index (χ1) is 8.11. The molecule has 17 heavy (non-hydrogen) atoms. The average Bonchev–Trinajstić information content (AvgIpc) is 2.74. The summed E-state index contributed by atoms with van der Waals surface area (Å²) in [5.74, 6) is -1.18. The van der Waals surface area contributed by atoms with Crippen molar-refractivity contribution in [3.63, 3.8) is 0 Å². The Morgan fingerprint density at radius 2 is 2.29 bits per heavy atom. The Hall–Kier alpha value is -1.85. The van der Waals surface area contributed by atoms with Gasteiger partial charge in [-0.1, -0.05) is 0 Å². The Morgan fingerprint density at radius 1 is 1.53 bits per heavy atom. The number of hydrogen-bond acceptors (Lipinski definition) is 3. The molecule has 1 aliphatic heterocycles. The number of carbonyl (C=O) groups is 2. The van der Waals surface area contributed by atoms with Gasteiger partial charge in [-0.3, -0.25) is 9.89 Å². The van der Waals surface area contributed by atoms with Gasteiger partial charge in [0.1, 0.15) is 6.04 Å². The number of carboxylic acids is 1. The van der Waals surface area contributed by atoms with Crippen LogP contribution in [-0.2, 0) is 4.79 Å². The number of aromatic nitrogens is 2. The Kier molecular flexibility index (Phi) is 3.12. The molecule has 92 valence electrons. The third kappa shape index (κ3) is 2.15. The van der Waals surface area contributed by atoms with Gasteiger partial charge in [0.2, 0.25) is 0 Å². The second-order valence-corrected chi connectivity index (χ2v) is 4.26. The molecule has 1 aliphatic rings. The number of nitrogens with one attached hydrogen (secondary N) is 1. The quantitative estimate of drug-likeness (QED) is 0.796. The van der Waals surface area contributed by atoms with Crippen LogP contribution in [0.3, 0.4) is 0 Å². The number of aryl methyl sites for hydroxylation is 1. The van der Waals surface area contributed by atoms with E-state index in [4.69, 9.17) is 5.11 Å². The van der Waals surface area contributed by atoms with Crippen LogP contribution in [0.2, 0.25) is 0 Å². The number of likely N-dealkylation sites (tertiary alicyclic amines) is 1. The van der Waals surface area contributed by atoms with Gasteiger partial charge in [0.05, 0.1) is 11.8 Å². The largest absolute Gasteiger partial charge is 0.480 e. The molecule has 0 spiro atoms. The monoisotopic (exact) mass is 237 g/mol. The summed E-state index contributed by atoms with van der Waals surface area (Å²) >= 11 is 0. The van der Waals surface area contributed by atoms with Crippen molar-refractivity contribution in [1.29, 1.82) is 0 Å². The maximum absolute atomic E-state index is 12.2. The van der Waals surface area contributed by atoms with Crippen LogP contribution < -0.4 is 0 Å². The molecule has 0 saturated carbocycles. The summed E-state index contributed by atoms with van der Waals surface area (Å²) in [5.41, 5.74) is 1.13. The number of H-pyrrole nitrogens is 1. The third-order valence-corrected chi connectivity index (χ3v) is 3.11. The minimum Gasteiger partial charge on any atom is -0.480 e. The molecule has 1 aromatic heterocycles. The third-order valence-electron chi connectivity index (χ3n) is 3.11. The fourth-order valence-corrected chi connectivity index (χ4v) is 2.15. The highest BCUT2D eigenvalue weighted by Gasteiger charge is 2.33. The van der Waals surface area contributed by atoms with Crippen molar-refractivity contribution in [2.24, 2.45) is 0 Å². The van der Waals surface area contributed by atoms with E-state index in [0.29, 0.717) is 24.2 Å². The van der Waals surface area contributed by atoms with Crippen molar-refractivity contribution in [1.82, 2.24) is 15.1 Å². The summed E-state index contributed by atoms with van der Waals surface area (Å²) in [4.78, 5) is 24.7. The first-order valence-corrected chi connectivity index (χ1v) is 5.65. The van der Waals surface area contributed by atoms with E-state index in [1.54, 1.807) is 6.92 Å². The maximum Gasteiger partial charge on any atom is 0.326 e. The fraction of sp³-hybridized carbons (Fsp3) is 0.545. The molecule has 1 amide bonds. The highest BCUT2D eigenvalue weighted by Crippen LogP contribution is 2.20. The van der Waals surface area contributed by atoms with Gasteiger partial charge < -0.3 is 10.0 Å². The summed E-state index contributed by atoms with van der Waals surface area (Å²) in [6.45, 7) is 2.25. The zero-order valence-electron chi connectivity index (χ0n) is 9.64. The lowest BCUT2D eigenvalue weighted by Gasteiger charge is -2.32. The van der Waals surface area contributed by atoms with Crippen molar-refractivity contribution < 1.29 is 14.7 Å². The Morgan fingerprint density at radius 3 is 2.88 bits per heavy atom. The molecule has 2 rings (SSSR count). The van der Waals surface area contributed by atoms with Crippen LogP contribution in [0.1, 0.15) is 35.3 Å². The molecule has 6 heteroatoms. The van der Waals surface area contributed by atoms with Crippen LogP contribution in [0.15, 0.2) is 6.20 Å². The number of rotatable bonds is 2. The van der Waals surface area contributed by atoms with E-state index < -0.39 is 12.0 Å². The van der Waals surface area contributed by atoms with Crippen molar-refractivity contribution in [3.05, 3.63) is 17.5 Å². The first kappa shape index (κ1) is 11.6. The zero-order chi connectivity index (χ0) is 12.4. The number of nitrogens with zero attached hydrogens (tertiary/aromatic N) is 2. The molecule has 2 heterocycles. The van der Waals surface area contributed by atoms with E-state index in [-0.39, 0.29) is 5.91 Å². The van der Waals surface area contributed by atoms with E-state index in [2.05, 4.69) is 10.2 Å². The molecule has 0 bridgehead atoms. The molecule has 0 unspecified atom stereocenters. The number of hydrogen-bond donors (Lipinski definition) is 2. The number of aromatic amines is 1. The van der Waals surface area contributed by atoms with E-state index in [0.717, 1.165) is 12.8 Å². The summed E-state index contributed by atoms with van der Waals surface area (Å²) in [6.07, 6.45) is 3.68. The van der Waals surface area contributed by atoms with E-state index in [1.807, 2.05) is 0 Å². The molecule has 1 fully saturated rings. The number of carboxylic acid groups (broad SMARTS) is 1. The van der Waals surface area contributed by atoms with Gasteiger partial charge in [-0.15, -0.1) is 0 Å². The second kappa shape index (κ2) is 4.57. The molecule has 2 N–H and O–H groups in total. The average molecular weight is 237 g/mol. The predicted octanol–water partition coefficient (Wildman–Crippen LogP) is 0.797. The first-order valence-electron chi connectivity index (χ1n) is 5.65. The summed E-state index contributed by atoms with van der Waals surface area (Å²) in [7, 11) is 0. The van der Waals surface area contributed by atoms with Gasteiger partial charge in [0, 0.05) is 12.2 Å². The lowest BCUT2D eigenvalue weighted by Crippen LogP contribution is -2.48. The van der Waals surface area contributed by atoms with Crippen LogP contribution in [0.4, 0.5) is 0 Å². The number of carbonyl (C=O) groups excluding carboxylic acids is 1. The zero-order valence-corrected chi connectivity index (χ0v) is 9.64. The van der Waals surface area contributed by atoms with Crippen molar-refractivity contribution in [2.75, 3.05) is 6.54 Å². The summed E-state index contributed by atoms with van der Waals surface area (Å²) in [6, 6.07) is -0.703. The lowest BCUT2D eigenvalue weighted by atomic mass is 10.0. The predicted molar refractivity (Wildman–Crippen MR) is 59.6 cm³/mol. The normalized spacial score (nSPS) is 20.3.